The van der Waals surface area contributed by atoms with Crippen molar-refractivity contribution in [1.82, 2.24) is 0 Å². The van der Waals surface area contributed by atoms with E-state index in [-0.39, 0.29) is 19.0 Å². The number of carboxylic acid groups (broad SMARTS) is 1. The molecule has 0 radical (unpaired) electrons. The Morgan fingerprint density at radius 2 is 1.76 bits per heavy atom. The normalized spacial score (nSPS) is 10.2. The van der Waals surface area contributed by atoms with Gasteiger partial charge in [0.25, 0.3) is 0 Å². The van der Waals surface area contributed by atoms with E-state index in [0.717, 1.165) is 6.07 Å². The molecule has 1 N–H and O–H groups in total. The van der Waals surface area contributed by atoms with Crippen LogP contribution in [0.2, 0.25) is 5.02 Å². The van der Waals surface area contributed by atoms with Crippen LogP contribution in [-0.4, -0.2) is 24.3 Å². The Labute approximate surface area is 125 Å². The highest BCUT2D eigenvalue weighted by Gasteiger charge is 2.16. The Kier molecular flexibility index (Phi) is 5.00. The van der Waals surface area contributed by atoms with Crippen LogP contribution in [0.4, 0.5) is 4.39 Å². The molecule has 0 bridgehead atoms. The summed E-state index contributed by atoms with van der Waals surface area (Å²) in [7, 11) is 0. The Bertz CT molecular complexity index is 628. The molecule has 0 spiro atoms. The van der Waals surface area contributed by atoms with Crippen molar-refractivity contribution in [2.24, 2.45) is 0 Å². The van der Waals surface area contributed by atoms with Crippen molar-refractivity contribution in [3.05, 3.63) is 58.9 Å². The fourth-order valence-corrected chi connectivity index (χ4v) is 1.80. The zero-order chi connectivity index (χ0) is 15.2. The highest BCUT2D eigenvalue weighted by molar-refractivity contribution is 6.30. The lowest BCUT2D eigenvalue weighted by Gasteiger charge is -2.10. The molecule has 0 aromatic heterocycles. The van der Waals surface area contributed by atoms with E-state index in [0.29, 0.717) is 10.8 Å². The third-order valence-electron chi connectivity index (χ3n) is 2.61. The van der Waals surface area contributed by atoms with Crippen LogP contribution in [0, 0.1) is 5.82 Å². The minimum absolute atomic E-state index is 0.0257. The summed E-state index contributed by atoms with van der Waals surface area (Å²) < 4.78 is 24.0. The molecule has 2 rings (SSSR count). The lowest BCUT2D eigenvalue weighted by atomic mass is 10.2. The number of rotatable bonds is 6. The van der Waals surface area contributed by atoms with Gasteiger partial charge in [-0.15, -0.1) is 0 Å². The standard InChI is InChI=1S/C15H12ClFO4/c16-10-4-6-11(7-5-10)20-8-9-21-13-3-1-2-12(17)14(13)15(18)19/h1-7H,8-9H2,(H,18,19). The second kappa shape index (κ2) is 6.95. The summed E-state index contributed by atoms with van der Waals surface area (Å²) in [6.07, 6.45) is 0. The van der Waals surface area contributed by atoms with Crippen LogP contribution < -0.4 is 9.47 Å². The number of hydrogen-bond acceptors (Lipinski definition) is 3. The van der Waals surface area contributed by atoms with Gasteiger partial charge in [-0.3, -0.25) is 0 Å². The molecule has 0 amide bonds. The SMILES string of the molecule is O=C(O)c1c(F)cccc1OCCOc1ccc(Cl)cc1. The molecule has 21 heavy (non-hydrogen) atoms. The number of ether oxygens (including phenoxy) is 2. The zero-order valence-corrected chi connectivity index (χ0v) is 11.6. The summed E-state index contributed by atoms with van der Waals surface area (Å²) >= 11 is 5.74. The third-order valence-corrected chi connectivity index (χ3v) is 2.86. The van der Waals surface area contributed by atoms with Crippen molar-refractivity contribution in [3.63, 3.8) is 0 Å². The predicted molar refractivity (Wildman–Crippen MR) is 75.8 cm³/mol. The molecule has 6 heteroatoms. The van der Waals surface area contributed by atoms with Crippen LogP contribution in [0.15, 0.2) is 42.5 Å². The van der Waals surface area contributed by atoms with E-state index in [1.807, 2.05) is 0 Å². The maximum atomic E-state index is 13.4. The van der Waals surface area contributed by atoms with Gasteiger partial charge in [-0.25, -0.2) is 9.18 Å². The summed E-state index contributed by atoms with van der Waals surface area (Å²) in [4.78, 5) is 11.0. The molecule has 110 valence electrons. The molecule has 0 atom stereocenters. The third kappa shape index (κ3) is 4.10. The van der Waals surface area contributed by atoms with Crippen LogP contribution in [0.5, 0.6) is 11.5 Å². The lowest BCUT2D eigenvalue weighted by Crippen LogP contribution is -2.12. The molecule has 0 heterocycles. The van der Waals surface area contributed by atoms with Crippen LogP contribution in [0.25, 0.3) is 0 Å². The first-order chi connectivity index (χ1) is 10.1. The maximum Gasteiger partial charge on any atom is 0.342 e. The topological polar surface area (TPSA) is 55.8 Å². The smallest absolute Gasteiger partial charge is 0.342 e. The van der Waals surface area contributed by atoms with Crippen LogP contribution in [0.3, 0.4) is 0 Å². The van der Waals surface area contributed by atoms with E-state index in [2.05, 4.69) is 0 Å². The Morgan fingerprint density at radius 1 is 1.10 bits per heavy atom. The average molecular weight is 311 g/mol. The largest absolute Gasteiger partial charge is 0.490 e. The molecule has 2 aromatic rings. The number of carboxylic acids is 1. The van der Waals surface area contributed by atoms with E-state index in [4.69, 9.17) is 26.2 Å². The zero-order valence-electron chi connectivity index (χ0n) is 10.9. The molecule has 0 fully saturated rings. The van der Waals surface area contributed by atoms with Gasteiger partial charge in [-0.2, -0.15) is 0 Å². The van der Waals surface area contributed by atoms with Crippen molar-refractivity contribution in [1.29, 1.82) is 0 Å². The highest BCUT2D eigenvalue weighted by Crippen LogP contribution is 2.21. The van der Waals surface area contributed by atoms with Gasteiger partial charge in [0.1, 0.15) is 36.1 Å². The monoisotopic (exact) mass is 310 g/mol. The Morgan fingerprint density at radius 3 is 2.43 bits per heavy atom. The van der Waals surface area contributed by atoms with Gasteiger partial charge in [-0.1, -0.05) is 17.7 Å². The van der Waals surface area contributed by atoms with E-state index in [1.54, 1.807) is 24.3 Å². The Hall–Kier alpha value is -2.27. The fraction of sp³-hybridized carbons (Fsp3) is 0.133. The van der Waals surface area contributed by atoms with Crippen molar-refractivity contribution in [2.75, 3.05) is 13.2 Å². The van der Waals surface area contributed by atoms with Crippen molar-refractivity contribution >= 4 is 17.6 Å². The molecule has 0 aliphatic rings. The first-order valence-electron chi connectivity index (χ1n) is 6.11. The first kappa shape index (κ1) is 15.1. The van der Waals surface area contributed by atoms with Crippen molar-refractivity contribution in [2.45, 2.75) is 0 Å². The lowest BCUT2D eigenvalue weighted by molar-refractivity contribution is 0.0685. The summed E-state index contributed by atoms with van der Waals surface area (Å²) in [5.74, 6) is -1.62. The molecule has 0 saturated carbocycles. The number of hydrogen-bond donors (Lipinski definition) is 1. The van der Waals surface area contributed by atoms with Gasteiger partial charge < -0.3 is 14.6 Å². The van der Waals surface area contributed by atoms with Gasteiger partial charge in [0.15, 0.2) is 0 Å². The van der Waals surface area contributed by atoms with E-state index in [1.165, 1.54) is 12.1 Å². The summed E-state index contributed by atoms with van der Waals surface area (Å²) in [5.41, 5.74) is -0.482. The van der Waals surface area contributed by atoms with Gasteiger partial charge >= 0.3 is 5.97 Å². The Balaban J connectivity index is 1.90. The molecule has 0 aliphatic carbocycles. The van der Waals surface area contributed by atoms with Gasteiger partial charge in [-0.05, 0) is 36.4 Å². The average Bonchev–Trinajstić information content (AvgIpc) is 2.45. The first-order valence-corrected chi connectivity index (χ1v) is 6.48. The summed E-state index contributed by atoms with van der Waals surface area (Å²) in [6.45, 7) is 0.281. The number of aromatic carboxylic acids is 1. The van der Waals surface area contributed by atoms with Gasteiger partial charge in [0, 0.05) is 5.02 Å². The number of benzene rings is 2. The molecule has 0 saturated heterocycles. The minimum Gasteiger partial charge on any atom is -0.490 e. The maximum absolute atomic E-state index is 13.4. The molecule has 0 unspecified atom stereocenters. The highest BCUT2D eigenvalue weighted by atomic mass is 35.5. The van der Waals surface area contributed by atoms with Crippen molar-refractivity contribution in [3.8, 4) is 11.5 Å². The summed E-state index contributed by atoms with van der Waals surface area (Å²) in [5, 5.41) is 9.54. The molecule has 4 nitrogen and oxygen atoms in total. The summed E-state index contributed by atoms with van der Waals surface area (Å²) in [6, 6.07) is 10.6. The second-order valence-corrected chi connectivity index (χ2v) is 4.51. The second-order valence-electron chi connectivity index (χ2n) is 4.07. The van der Waals surface area contributed by atoms with Crippen LogP contribution >= 0.6 is 11.6 Å². The van der Waals surface area contributed by atoms with Crippen molar-refractivity contribution < 1.29 is 23.8 Å². The quantitative estimate of drug-likeness (QED) is 0.828. The molecular weight excluding hydrogens is 299 g/mol. The van der Waals surface area contributed by atoms with E-state index in [9.17, 15) is 9.18 Å². The molecule has 2 aromatic carbocycles. The minimum atomic E-state index is -1.37. The van der Waals surface area contributed by atoms with E-state index < -0.39 is 17.3 Å². The number of halogens is 2. The van der Waals surface area contributed by atoms with E-state index >= 15 is 0 Å². The van der Waals surface area contributed by atoms with Gasteiger partial charge in [0.05, 0.1) is 0 Å². The molecular formula is C15H12ClFO4. The predicted octanol–water partition coefficient (Wildman–Crippen LogP) is 3.64. The van der Waals surface area contributed by atoms with Crippen LogP contribution in [-0.2, 0) is 0 Å². The number of carbonyl (C=O) groups is 1. The van der Waals surface area contributed by atoms with Crippen LogP contribution in [0.1, 0.15) is 10.4 Å². The van der Waals surface area contributed by atoms with Gasteiger partial charge in [0.2, 0.25) is 0 Å². The molecule has 0 aliphatic heterocycles. The fourth-order valence-electron chi connectivity index (χ4n) is 1.67.